The monoisotopic (exact) mass is 354 g/mol. The summed E-state index contributed by atoms with van der Waals surface area (Å²) in [5.41, 5.74) is 5.24. The smallest absolute Gasteiger partial charge is 0.348 e. The van der Waals surface area contributed by atoms with Gasteiger partial charge in [0.25, 0.3) is 0 Å². The number of hydrogen-bond acceptors (Lipinski definition) is 4. The Kier molecular flexibility index (Phi) is 6.84. The minimum Gasteiger partial charge on any atom is -0.496 e. The maximum absolute atomic E-state index is 12.0. The molecule has 0 spiro atoms. The van der Waals surface area contributed by atoms with Crippen LogP contribution in [0.1, 0.15) is 29.2 Å². The molecule has 0 N–H and O–H groups in total. The predicted octanol–water partition coefficient (Wildman–Crippen LogP) is 4.69. The van der Waals surface area contributed by atoms with Crippen LogP contribution >= 0.6 is 0 Å². The van der Waals surface area contributed by atoms with Crippen LogP contribution in [0, 0.1) is 20.8 Å². The molecular formula is C22H26O4. The van der Waals surface area contributed by atoms with Crippen LogP contribution in [0.5, 0.6) is 11.5 Å². The molecule has 2 rings (SSSR count). The molecule has 0 atom stereocenters. The van der Waals surface area contributed by atoms with Crippen LogP contribution in [0.15, 0.2) is 48.2 Å². The van der Waals surface area contributed by atoms with Crippen molar-refractivity contribution in [3.8, 4) is 11.5 Å². The van der Waals surface area contributed by atoms with Crippen LogP contribution in [0.4, 0.5) is 0 Å². The van der Waals surface area contributed by atoms with Crippen molar-refractivity contribution >= 4 is 5.97 Å². The molecule has 0 fully saturated rings. The summed E-state index contributed by atoms with van der Waals surface area (Å²) >= 11 is 0. The van der Waals surface area contributed by atoms with Crippen LogP contribution in [0.2, 0.25) is 0 Å². The largest absolute Gasteiger partial charge is 0.496 e. The van der Waals surface area contributed by atoms with Crippen LogP contribution in [0.3, 0.4) is 0 Å². The minimum atomic E-state index is -0.428. The fourth-order valence-corrected chi connectivity index (χ4v) is 2.68. The second-order valence-electron chi connectivity index (χ2n) is 6.44. The van der Waals surface area contributed by atoms with E-state index in [-0.39, 0.29) is 6.61 Å². The average molecular weight is 354 g/mol. The molecule has 2 aromatic rings. The standard InChI is InChI=1S/C22H26O4/c1-15-10-17(3)18(4)21(12-15)25-14-22(23)26-13-16(2)11-19-8-6-7-9-20(19)24-5/h6-10,12-13H,11,14H2,1-5H3/b16-13+. The van der Waals surface area contributed by atoms with Gasteiger partial charge in [-0.25, -0.2) is 4.79 Å². The molecule has 0 radical (unpaired) electrons. The summed E-state index contributed by atoms with van der Waals surface area (Å²) in [6, 6.07) is 11.8. The van der Waals surface area contributed by atoms with Gasteiger partial charge in [-0.15, -0.1) is 0 Å². The van der Waals surface area contributed by atoms with E-state index in [0.717, 1.165) is 33.6 Å². The summed E-state index contributed by atoms with van der Waals surface area (Å²) in [5, 5.41) is 0. The van der Waals surface area contributed by atoms with Crippen molar-refractivity contribution in [3.05, 3.63) is 70.5 Å². The van der Waals surface area contributed by atoms with Crippen LogP contribution in [-0.4, -0.2) is 19.7 Å². The number of benzene rings is 2. The zero-order chi connectivity index (χ0) is 19.1. The summed E-state index contributed by atoms with van der Waals surface area (Å²) in [5.74, 6) is 1.11. The highest BCUT2D eigenvalue weighted by molar-refractivity contribution is 5.72. The lowest BCUT2D eigenvalue weighted by molar-refractivity contribution is -0.140. The zero-order valence-electron chi connectivity index (χ0n) is 16.1. The quantitative estimate of drug-likeness (QED) is 0.534. The Balaban J connectivity index is 1.90. The van der Waals surface area contributed by atoms with Gasteiger partial charge in [0.15, 0.2) is 6.61 Å². The third-order valence-electron chi connectivity index (χ3n) is 4.16. The maximum Gasteiger partial charge on any atom is 0.348 e. The van der Waals surface area contributed by atoms with Gasteiger partial charge < -0.3 is 14.2 Å². The second kappa shape index (κ2) is 9.09. The number of aryl methyl sites for hydroxylation is 2. The molecule has 0 saturated carbocycles. The molecular weight excluding hydrogens is 328 g/mol. The third kappa shape index (κ3) is 5.38. The molecule has 0 aliphatic rings. The van der Waals surface area contributed by atoms with Crippen molar-refractivity contribution in [1.29, 1.82) is 0 Å². The number of carbonyl (C=O) groups excluding carboxylic acids is 1. The number of ether oxygens (including phenoxy) is 3. The molecule has 2 aromatic carbocycles. The fourth-order valence-electron chi connectivity index (χ4n) is 2.68. The van der Waals surface area contributed by atoms with Gasteiger partial charge in [0, 0.05) is 6.42 Å². The van der Waals surface area contributed by atoms with Crippen molar-refractivity contribution in [3.63, 3.8) is 0 Å². The van der Waals surface area contributed by atoms with E-state index < -0.39 is 5.97 Å². The van der Waals surface area contributed by atoms with Crippen LogP contribution in [-0.2, 0) is 16.0 Å². The second-order valence-corrected chi connectivity index (χ2v) is 6.44. The number of esters is 1. The summed E-state index contributed by atoms with van der Waals surface area (Å²) < 4.78 is 16.2. The molecule has 0 aliphatic carbocycles. The number of methoxy groups -OCH3 is 1. The predicted molar refractivity (Wildman–Crippen MR) is 103 cm³/mol. The van der Waals surface area contributed by atoms with Crippen LogP contribution in [0.25, 0.3) is 0 Å². The first-order valence-corrected chi connectivity index (χ1v) is 8.58. The lowest BCUT2D eigenvalue weighted by Crippen LogP contribution is -2.13. The average Bonchev–Trinajstić information content (AvgIpc) is 2.62. The van der Waals surface area contributed by atoms with Crippen molar-refractivity contribution in [2.75, 3.05) is 13.7 Å². The number of allylic oxidation sites excluding steroid dienone is 1. The van der Waals surface area contributed by atoms with E-state index in [1.807, 2.05) is 58.0 Å². The highest BCUT2D eigenvalue weighted by Gasteiger charge is 2.08. The lowest BCUT2D eigenvalue weighted by Gasteiger charge is -2.11. The van der Waals surface area contributed by atoms with E-state index in [1.54, 1.807) is 7.11 Å². The first kappa shape index (κ1) is 19.6. The van der Waals surface area contributed by atoms with E-state index in [9.17, 15) is 4.79 Å². The van der Waals surface area contributed by atoms with E-state index in [1.165, 1.54) is 6.26 Å². The molecule has 0 amide bonds. The van der Waals surface area contributed by atoms with Gasteiger partial charge in [-0.2, -0.15) is 0 Å². The minimum absolute atomic E-state index is 0.123. The molecule has 0 heterocycles. The Morgan fingerprint density at radius 2 is 1.81 bits per heavy atom. The van der Waals surface area contributed by atoms with Gasteiger partial charge in [-0.3, -0.25) is 0 Å². The highest BCUT2D eigenvalue weighted by Crippen LogP contribution is 2.23. The lowest BCUT2D eigenvalue weighted by atomic mass is 10.1. The normalized spacial score (nSPS) is 11.2. The Labute approximate surface area is 155 Å². The summed E-state index contributed by atoms with van der Waals surface area (Å²) in [4.78, 5) is 12.0. The van der Waals surface area contributed by atoms with E-state index in [4.69, 9.17) is 14.2 Å². The van der Waals surface area contributed by atoms with Gasteiger partial charge in [-0.1, -0.05) is 24.3 Å². The topological polar surface area (TPSA) is 44.8 Å². The molecule has 0 bridgehead atoms. The van der Waals surface area contributed by atoms with Crippen molar-refractivity contribution < 1.29 is 19.0 Å². The van der Waals surface area contributed by atoms with Crippen molar-refractivity contribution in [2.24, 2.45) is 0 Å². The van der Waals surface area contributed by atoms with Gasteiger partial charge in [-0.05, 0) is 67.7 Å². The van der Waals surface area contributed by atoms with Crippen molar-refractivity contribution in [2.45, 2.75) is 34.1 Å². The van der Waals surface area contributed by atoms with Crippen LogP contribution < -0.4 is 9.47 Å². The van der Waals surface area contributed by atoms with E-state index >= 15 is 0 Å². The first-order chi connectivity index (χ1) is 12.4. The van der Waals surface area contributed by atoms with Gasteiger partial charge in [0.2, 0.25) is 0 Å². The molecule has 0 aromatic heterocycles. The molecule has 26 heavy (non-hydrogen) atoms. The maximum atomic E-state index is 12.0. The molecule has 0 unspecified atom stereocenters. The molecule has 4 heteroatoms. The number of carbonyl (C=O) groups is 1. The van der Waals surface area contributed by atoms with Crippen molar-refractivity contribution in [1.82, 2.24) is 0 Å². The first-order valence-electron chi connectivity index (χ1n) is 8.58. The third-order valence-corrected chi connectivity index (χ3v) is 4.16. The van der Waals surface area contributed by atoms with Gasteiger partial charge in [0.05, 0.1) is 13.4 Å². The Bertz CT molecular complexity index is 806. The molecule has 4 nitrogen and oxygen atoms in total. The molecule has 138 valence electrons. The molecule has 0 saturated heterocycles. The SMILES string of the molecule is COc1ccccc1C/C(C)=C/OC(=O)COc1cc(C)cc(C)c1C. The number of hydrogen-bond donors (Lipinski definition) is 0. The fraction of sp³-hybridized carbons (Fsp3) is 0.318. The summed E-state index contributed by atoms with van der Waals surface area (Å²) in [6.07, 6.45) is 2.13. The molecule has 0 aliphatic heterocycles. The highest BCUT2D eigenvalue weighted by atomic mass is 16.6. The van der Waals surface area contributed by atoms with Gasteiger partial charge >= 0.3 is 5.97 Å². The number of rotatable bonds is 7. The zero-order valence-corrected chi connectivity index (χ0v) is 16.1. The Morgan fingerprint density at radius 3 is 2.54 bits per heavy atom. The van der Waals surface area contributed by atoms with E-state index in [2.05, 4.69) is 6.07 Å². The summed E-state index contributed by atoms with van der Waals surface area (Å²) in [6.45, 7) is 7.79. The number of para-hydroxylation sites is 1. The summed E-state index contributed by atoms with van der Waals surface area (Å²) in [7, 11) is 1.64. The Hall–Kier alpha value is -2.75. The van der Waals surface area contributed by atoms with Gasteiger partial charge in [0.1, 0.15) is 11.5 Å². The Morgan fingerprint density at radius 1 is 1.08 bits per heavy atom. The van der Waals surface area contributed by atoms with E-state index in [0.29, 0.717) is 12.2 Å².